The van der Waals surface area contributed by atoms with Crippen LogP contribution in [0.1, 0.15) is 11.1 Å². The van der Waals surface area contributed by atoms with Crippen LogP contribution in [0.5, 0.6) is 0 Å². The fourth-order valence-corrected chi connectivity index (χ4v) is 2.50. The molecule has 0 N–H and O–H groups in total. The molecule has 0 aliphatic heterocycles. The van der Waals surface area contributed by atoms with Crippen molar-refractivity contribution in [2.45, 2.75) is 12.7 Å². The summed E-state index contributed by atoms with van der Waals surface area (Å²) in [5.41, 5.74) is 9.51. The second-order valence-electron chi connectivity index (χ2n) is 3.08. The Hall–Kier alpha value is -0.860. The summed E-state index contributed by atoms with van der Waals surface area (Å²) >= 11 is 1.97. The first-order chi connectivity index (χ1) is 7.33. The lowest BCUT2D eigenvalue weighted by atomic mass is 10.1. The molecule has 1 aromatic carbocycles. The van der Waals surface area contributed by atoms with Crippen molar-refractivity contribution in [1.29, 1.82) is 0 Å². The Morgan fingerprint density at radius 2 is 2.19 bits per heavy atom. The highest BCUT2D eigenvalue weighted by molar-refractivity contribution is 14.1. The summed E-state index contributed by atoms with van der Waals surface area (Å²) in [6.45, 7) is 1.68. The van der Waals surface area contributed by atoms with Crippen LogP contribution in [0.3, 0.4) is 0 Å². The first-order valence-corrected chi connectivity index (χ1v) is 6.73. The molecule has 16 heavy (non-hydrogen) atoms. The molecule has 0 saturated heterocycles. The Morgan fingerprint density at radius 1 is 1.56 bits per heavy atom. The number of nitrogens with zero attached hydrogens (tertiary/aromatic N) is 3. The van der Waals surface area contributed by atoms with E-state index in [4.69, 9.17) is 5.53 Å². The molecular weight excluding hydrogens is 348 g/mol. The summed E-state index contributed by atoms with van der Waals surface area (Å²) in [4.78, 5) is 2.59. The van der Waals surface area contributed by atoms with Crippen LogP contribution in [0, 0.1) is 10.5 Å². The normalized spacial score (nSPS) is 10.9. The predicted octanol–water partition coefficient (Wildman–Crippen LogP) is 3.34. The van der Waals surface area contributed by atoms with Gasteiger partial charge in [0.15, 0.2) is 0 Å². The molecule has 0 fully saturated rings. The van der Waals surface area contributed by atoms with Gasteiger partial charge in [0.2, 0.25) is 0 Å². The lowest BCUT2D eigenvalue weighted by molar-refractivity contribution is 0.551. The van der Waals surface area contributed by atoms with Crippen molar-refractivity contribution in [2.24, 2.45) is 5.11 Å². The molecule has 0 aromatic heterocycles. The van der Waals surface area contributed by atoms with E-state index in [1.807, 2.05) is 22.6 Å². The summed E-state index contributed by atoms with van der Waals surface area (Å²) in [6, 6.07) is 2.97. The van der Waals surface area contributed by atoms with Gasteiger partial charge in [0.25, 0.3) is 0 Å². The van der Waals surface area contributed by atoms with E-state index in [-0.39, 0.29) is 5.69 Å². The molecule has 0 aliphatic carbocycles. The van der Waals surface area contributed by atoms with E-state index in [2.05, 4.69) is 10.0 Å². The minimum absolute atomic E-state index is 0.274. The van der Waals surface area contributed by atoms with Crippen molar-refractivity contribution < 1.29 is 12.3 Å². The number of benzene rings is 1. The van der Waals surface area contributed by atoms with Crippen LogP contribution < -0.4 is 0 Å². The van der Waals surface area contributed by atoms with Crippen LogP contribution in [-0.2, 0) is 16.0 Å². The summed E-state index contributed by atoms with van der Waals surface area (Å²) in [6.07, 6.45) is 0. The van der Waals surface area contributed by atoms with Crippen molar-refractivity contribution in [3.8, 4) is 0 Å². The summed E-state index contributed by atoms with van der Waals surface area (Å²) in [5, 5.41) is 3.36. The fourth-order valence-electron chi connectivity index (χ4n) is 1.16. The molecule has 8 heteroatoms. The molecule has 0 heterocycles. The average Bonchev–Trinajstić information content (AvgIpc) is 2.11. The van der Waals surface area contributed by atoms with E-state index in [0.29, 0.717) is 11.1 Å². The second kappa shape index (κ2) is 4.98. The maximum Gasteiger partial charge on any atom is 0.306 e. The van der Waals surface area contributed by atoms with Gasteiger partial charge in [-0.25, -0.2) is 0 Å². The van der Waals surface area contributed by atoms with Gasteiger partial charge >= 0.3 is 10.2 Å². The molecule has 0 atom stereocenters. The van der Waals surface area contributed by atoms with E-state index >= 15 is 0 Å². The zero-order valence-electron chi connectivity index (χ0n) is 8.18. The Labute approximate surface area is 106 Å². The molecule has 86 valence electrons. The van der Waals surface area contributed by atoms with Crippen LogP contribution in [0.15, 0.2) is 17.2 Å². The Balaban J connectivity index is 3.32. The van der Waals surface area contributed by atoms with Crippen LogP contribution in [-0.4, -0.2) is 8.42 Å². The molecule has 0 spiro atoms. The third kappa shape index (κ3) is 3.62. The Morgan fingerprint density at radius 3 is 2.69 bits per heavy atom. The minimum atomic E-state index is -4.59. The lowest BCUT2D eigenvalue weighted by Crippen LogP contribution is -1.99. The Kier molecular flexibility index (Phi) is 4.11. The van der Waals surface area contributed by atoms with E-state index in [1.165, 1.54) is 6.07 Å². The van der Waals surface area contributed by atoms with Gasteiger partial charge in [0.1, 0.15) is 5.75 Å². The monoisotopic (exact) mass is 355 g/mol. The van der Waals surface area contributed by atoms with Gasteiger partial charge in [-0.3, -0.25) is 0 Å². The van der Waals surface area contributed by atoms with E-state index in [1.54, 1.807) is 13.0 Å². The van der Waals surface area contributed by atoms with Crippen LogP contribution in [0.25, 0.3) is 10.4 Å². The van der Waals surface area contributed by atoms with Crippen LogP contribution in [0.4, 0.5) is 9.57 Å². The maximum absolute atomic E-state index is 12.6. The number of hydrogen-bond acceptors (Lipinski definition) is 3. The third-order valence-electron chi connectivity index (χ3n) is 1.92. The lowest BCUT2D eigenvalue weighted by Gasteiger charge is -2.06. The second-order valence-corrected chi connectivity index (χ2v) is 5.61. The molecular formula is C8H7FIN3O2S. The van der Waals surface area contributed by atoms with Gasteiger partial charge in [-0.1, -0.05) is 5.11 Å². The van der Waals surface area contributed by atoms with Crippen LogP contribution in [0.2, 0.25) is 0 Å². The first-order valence-electron chi connectivity index (χ1n) is 4.10. The highest BCUT2D eigenvalue weighted by atomic mass is 127. The van der Waals surface area contributed by atoms with Crippen LogP contribution >= 0.6 is 22.6 Å². The van der Waals surface area contributed by atoms with Gasteiger partial charge in [-0.05, 0) is 58.3 Å². The fraction of sp³-hybridized carbons (Fsp3) is 0.250. The average molecular weight is 355 g/mol. The number of rotatable bonds is 3. The van der Waals surface area contributed by atoms with Crippen molar-refractivity contribution in [3.63, 3.8) is 0 Å². The zero-order valence-corrected chi connectivity index (χ0v) is 11.2. The highest BCUT2D eigenvalue weighted by Gasteiger charge is 2.13. The van der Waals surface area contributed by atoms with Gasteiger partial charge in [-0.15, -0.1) is 3.89 Å². The molecule has 0 unspecified atom stereocenters. The van der Waals surface area contributed by atoms with Gasteiger partial charge in [-0.2, -0.15) is 8.42 Å². The van der Waals surface area contributed by atoms with Gasteiger partial charge < -0.3 is 0 Å². The predicted molar refractivity (Wildman–Crippen MR) is 66.4 cm³/mol. The van der Waals surface area contributed by atoms with Crippen molar-refractivity contribution in [2.75, 3.05) is 0 Å². The summed E-state index contributed by atoms with van der Waals surface area (Å²) in [7, 11) is -4.59. The number of azide groups is 1. The zero-order chi connectivity index (χ0) is 12.3. The first kappa shape index (κ1) is 13.2. The number of halogens is 2. The molecule has 0 aliphatic rings. The van der Waals surface area contributed by atoms with Crippen molar-refractivity contribution >= 4 is 38.5 Å². The van der Waals surface area contributed by atoms with E-state index < -0.39 is 16.0 Å². The molecule has 0 radical (unpaired) electrons. The summed E-state index contributed by atoms with van der Waals surface area (Å²) in [5.74, 6) is -0.705. The summed E-state index contributed by atoms with van der Waals surface area (Å²) < 4.78 is 34.4. The maximum atomic E-state index is 12.6. The SMILES string of the molecule is Cc1c(I)cc(N=[N+]=[N-])cc1CS(=O)(=O)F. The third-order valence-corrected chi connectivity index (χ3v) is 3.70. The van der Waals surface area contributed by atoms with Gasteiger partial charge in [0, 0.05) is 14.2 Å². The highest BCUT2D eigenvalue weighted by Crippen LogP contribution is 2.25. The molecule has 0 amide bonds. The standard InChI is InChI=1S/C8H7FIN3O2S/c1-5-6(4-16(9,14)15)2-7(12-13-11)3-8(5)10/h2-3H,4H2,1H3. The van der Waals surface area contributed by atoms with E-state index in [9.17, 15) is 12.3 Å². The minimum Gasteiger partial charge on any atom is -0.194 e. The smallest absolute Gasteiger partial charge is 0.194 e. The van der Waals surface area contributed by atoms with E-state index in [0.717, 1.165) is 3.57 Å². The molecule has 0 bridgehead atoms. The largest absolute Gasteiger partial charge is 0.306 e. The molecule has 5 nitrogen and oxygen atoms in total. The topological polar surface area (TPSA) is 82.9 Å². The molecule has 1 rings (SSSR count). The van der Waals surface area contributed by atoms with Gasteiger partial charge in [0.05, 0.1) is 0 Å². The Bertz CT molecular complexity index is 567. The molecule has 1 aromatic rings. The van der Waals surface area contributed by atoms with Crippen molar-refractivity contribution in [1.82, 2.24) is 0 Å². The van der Waals surface area contributed by atoms with Crippen molar-refractivity contribution in [3.05, 3.63) is 37.3 Å². The molecule has 0 saturated carbocycles. The quantitative estimate of drug-likeness (QED) is 0.274. The number of hydrogen-bond donors (Lipinski definition) is 0.